The van der Waals surface area contributed by atoms with E-state index in [9.17, 15) is 17.9 Å². The molecule has 0 spiro atoms. The summed E-state index contributed by atoms with van der Waals surface area (Å²) in [6.07, 6.45) is 2.80. The molecule has 2 unspecified atom stereocenters. The van der Waals surface area contributed by atoms with E-state index >= 15 is 0 Å². The minimum Gasteiger partial charge on any atom is -0.393 e. The number of benzene rings is 1. The predicted molar refractivity (Wildman–Crippen MR) is 74.3 cm³/mol. The smallest absolute Gasteiger partial charge is 0.243 e. The minimum absolute atomic E-state index is 0.113. The van der Waals surface area contributed by atoms with E-state index in [1.54, 1.807) is 13.0 Å². The van der Waals surface area contributed by atoms with Crippen LogP contribution in [0.2, 0.25) is 0 Å². The van der Waals surface area contributed by atoms with Crippen LogP contribution in [-0.2, 0) is 10.0 Å². The van der Waals surface area contributed by atoms with Crippen molar-refractivity contribution in [1.82, 2.24) is 4.72 Å². The van der Waals surface area contributed by atoms with Crippen LogP contribution in [0.25, 0.3) is 0 Å². The van der Waals surface area contributed by atoms with Crippen LogP contribution in [0.1, 0.15) is 31.2 Å². The van der Waals surface area contributed by atoms with Gasteiger partial charge in [-0.05, 0) is 49.8 Å². The summed E-state index contributed by atoms with van der Waals surface area (Å²) >= 11 is 0. The van der Waals surface area contributed by atoms with Gasteiger partial charge in [0.05, 0.1) is 6.10 Å². The third kappa shape index (κ3) is 3.77. The molecule has 20 heavy (non-hydrogen) atoms. The molecule has 0 amide bonds. The van der Waals surface area contributed by atoms with E-state index in [2.05, 4.69) is 4.72 Å². The van der Waals surface area contributed by atoms with Gasteiger partial charge in [-0.25, -0.2) is 17.5 Å². The van der Waals surface area contributed by atoms with Crippen molar-refractivity contribution < 1.29 is 17.9 Å². The van der Waals surface area contributed by atoms with E-state index in [-0.39, 0.29) is 23.5 Å². The standard InChI is InChI=1S/C14H20FNO3S/c1-10-5-6-14(13(15)7-10)20(18,19)16-9-11-3-2-4-12(17)8-11/h5-7,11-12,16-17H,2-4,8-9H2,1H3. The minimum atomic E-state index is -3.83. The van der Waals surface area contributed by atoms with Gasteiger partial charge in [0.2, 0.25) is 10.0 Å². The number of aliphatic hydroxyl groups excluding tert-OH is 1. The van der Waals surface area contributed by atoms with Crippen LogP contribution in [0.15, 0.2) is 23.1 Å². The van der Waals surface area contributed by atoms with Crippen molar-refractivity contribution in [1.29, 1.82) is 0 Å². The molecule has 0 saturated heterocycles. The second-order valence-electron chi connectivity index (χ2n) is 5.47. The molecule has 2 atom stereocenters. The monoisotopic (exact) mass is 301 g/mol. The fourth-order valence-electron chi connectivity index (χ4n) is 2.58. The molecule has 0 heterocycles. The first-order valence-corrected chi connectivity index (χ1v) is 8.30. The van der Waals surface area contributed by atoms with Gasteiger partial charge in [-0.15, -0.1) is 0 Å². The number of aliphatic hydroxyl groups is 1. The highest BCUT2D eigenvalue weighted by Crippen LogP contribution is 2.24. The van der Waals surface area contributed by atoms with Crippen LogP contribution < -0.4 is 4.72 Å². The summed E-state index contributed by atoms with van der Waals surface area (Å²) in [5, 5.41) is 9.56. The number of hydrogen-bond donors (Lipinski definition) is 2. The Hall–Kier alpha value is -0.980. The molecule has 0 aromatic heterocycles. The normalized spacial score (nSPS) is 23.8. The fourth-order valence-corrected chi connectivity index (χ4v) is 3.75. The molecule has 2 rings (SSSR count). The average molecular weight is 301 g/mol. The molecule has 0 aliphatic heterocycles. The Kier molecular flexibility index (Phi) is 4.78. The number of hydrogen-bond acceptors (Lipinski definition) is 3. The Morgan fingerprint density at radius 2 is 2.15 bits per heavy atom. The molecule has 6 heteroatoms. The average Bonchev–Trinajstić information content (AvgIpc) is 2.36. The van der Waals surface area contributed by atoms with Crippen LogP contribution in [0.5, 0.6) is 0 Å². The van der Waals surface area contributed by atoms with Crippen molar-refractivity contribution in [2.24, 2.45) is 5.92 Å². The highest BCUT2D eigenvalue weighted by atomic mass is 32.2. The van der Waals surface area contributed by atoms with Gasteiger partial charge in [0.1, 0.15) is 10.7 Å². The molecule has 112 valence electrons. The lowest BCUT2D eigenvalue weighted by atomic mass is 9.87. The molecule has 1 aliphatic carbocycles. The predicted octanol–water partition coefficient (Wildman–Crippen LogP) is 1.96. The first kappa shape index (κ1) is 15.4. The number of halogens is 1. The highest BCUT2D eigenvalue weighted by molar-refractivity contribution is 7.89. The summed E-state index contributed by atoms with van der Waals surface area (Å²) in [6, 6.07) is 4.06. The van der Waals surface area contributed by atoms with E-state index in [1.807, 2.05) is 0 Å². The number of aryl methyl sites for hydroxylation is 1. The molecular formula is C14H20FNO3S. The summed E-state index contributed by atoms with van der Waals surface area (Å²) in [5.74, 6) is -0.622. The number of rotatable bonds is 4. The van der Waals surface area contributed by atoms with Gasteiger partial charge < -0.3 is 5.11 Å². The van der Waals surface area contributed by atoms with E-state index < -0.39 is 15.8 Å². The second-order valence-corrected chi connectivity index (χ2v) is 7.21. The van der Waals surface area contributed by atoms with Gasteiger partial charge in [-0.1, -0.05) is 12.5 Å². The second kappa shape index (κ2) is 6.20. The lowest BCUT2D eigenvalue weighted by molar-refractivity contribution is 0.102. The maximum absolute atomic E-state index is 13.7. The molecule has 4 nitrogen and oxygen atoms in total. The molecular weight excluding hydrogens is 281 g/mol. The Morgan fingerprint density at radius 3 is 2.80 bits per heavy atom. The van der Waals surface area contributed by atoms with Crippen molar-refractivity contribution in [3.63, 3.8) is 0 Å². The third-order valence-electron chi connectivity index (χ3n) is 3.69. The molecule has 2 N–H and O–H groups in total. The molecule has 0 bridgehead atoms. The van der Waals surface area contributed by atoms with Gasteiger partial charge in [0.25, 0.3) is 0 Å². The quantitative estimate of drug-likeness (QED) is 0.893. The van der Waals surface area contributed by atoms with Crippen LogP contribution in [0.3, 0.4) is 0 Å². The lowest BCUT2D eigenvalue weighted by Gasteiger charge is -2.25. The maximum Gasteiger partial charge on any atom is 0.243 e. The molecule has 0 radical (unpaired) electrons. The summed E-state index contributed by atoms with van der Waals surface area (Å²) in [6.45, 7) is 1.95. The zero-order valence-electron chi connectivity index (χ0n) is 11.5. The molecule has 1 saturated carbocycles. The fraction of sp³-hybridized carbons (Fsp3) is 0.571. The van der Waals surface area contributed by atoms with Crippen molar-refractivity contribution >= 4 is 10.0 Å². The Bertz CT molecular complexity index is 574. The third-order valence-corrected chi connectivity index (χ3v) is 5.15. The van der Waals surface area contributed by atoms with Gasteiger partial charge in [0, 0.05) is 6.54 Å². The van der Waals surface area contributed by atoms with Gasteiger partial charge in [-0.3, -0.25) is 0 Å². The summed E-state index contributed by atoms with van der Waals surface area (Å²) < 4.78 is 40.3. The first-order valence-electron chi connectivity index (χ1n) is 6.82. The van der Waals surface area contributed by atoms with Crippen LogP contribution in [0.4, 0.5) is 4.39 Å². The van der Waals surface area contributed by atoms with Gasteiger partial charge in [-0.2, -0.15) is 0 Å². The lowest BCUT2D eigenvalue weighted by Crippen LogP contribution is -2.33. The van der Waals surface area contributed by atoms with Gasteiger partial charge in [0.15, 0.2) is 0 Å². The van der Waals surface area contributed by atoms with Crippen LogP contribution >= 0.6 is 0 Å². The van der Waals surface area contributed by atoms with E-state index in [0.717, 1.165) is 19.3 Å². The highest BCUT2D eigenvalue weighted by Gasteiger charge is 2.24. The van der Waals surface area contributed by atoms with E-state index in [4.69, 9.17) is 0 Å². The Labute approximate surface area is 119 Å². The number of sulfonamides is 1. The van der Waals surface area contributed by atoms with Crippen molar-refractivity contribution in [2.75, 3.05) is 6.54 Å². The summed E-state index contributed by atoms with van der Waals surface area (Å²) in [7, 11) is -3.83. The zero-order chi connectivity index (χ0) is 14.8. The molecule has 1 aromatic rings. The Balaban J connectivity index is 2.03. The van der Waals surface area contributed by atoms with Crippen molar-refractivity contribution in [2.45, 2.75) is 43.6 Å². The molecule has 1 fully saturated rings. The van der Waals surface area contributed by atoms with Crippen LogP contribution in [0, 0.1) is 18.7 Å². The van der Waals surface area contributed by atoms with E-state index in [1.165, 1.54) is 12.1 Å². The Morgan fingerprint density at radius 1 is 1.40 bits per heavy atom. The SMILES string of the molecule is Cc1ccc(S(=O)(=O)NCC2CCCC(O)C2)c(F)c1. The van der Waals surface area contributed by atoms with Gasteiger partial charge >= 0.3 is 0 Å². The van der Waals surface area contributed by atoms with Crippen molar-refractivity contribution in [3.05, 3.63) is 29.6 Å². The summed E-state index contributed by atoms with van der Waals surface area (Å²) in [5.41, 5.74) is 0.678. The summed E-state index contributed by atoms with van der Waals surface area (Å²) in [4.78, 5) is -0.320. The molecule has 1 aliphatic rings. The zero-order valence-corrected chi connectivity index (χ0v) is 12.3. The maximum atomic E-state index is 13.7. The van der Waals surface area contributed by atoms with Crippen molar-refractivity contribution in [3.8, 4) is 0 Å². The van der Waals surface area contributed by atoms with E-state index in [0.29, 0.717) is 12.0 Å². The number of nitrogens with one attached hydrogen (secondary N) is 1. The molecule has 1 aromatic carbocycles. The largest absolute Gasteiger partial charge is 0.393 e. The first-order chi connectivity index (χ1) is 9.38. The van der Waals surface area contributed by atoms with Crippen LogP contribution in [-0.4, -0.2) is 26.2 Å². The topological polar surface area (TPSA) is 66.4 Å².